The van der Waals surface area contributed by atoms with Crippen molar-refractivity contribution < 1.29 is 23.8 Å². The number of methoxy groups -OCH3 is 1. The lowest BCUT2D eigenvalue weighted by atomic mass is 10.1. The molecule has 2 amide bonds. The molecule has 0 aliphatic carbocycles. The number of amides is 2. The highest BCUT2D eigenvalue weighted by Gasteiger charge is 2.34. The highest BCUT2D eigenvalue weighted by Crippen LogP contribution is 2.39. The molecule has 0 radical (unpaired) electrons. The average molecular weight is 482 g/mol. The van der Waals surface area contributed by atoms with E-state index >= 15 is 0 Å². The molecule has 6 nitrogen and oxygen atoms in total. The molecule has 0 saturated carbocycles. The molecule has 1 fully saturated rings. The number of halogens is 2. The zero-order valence-corrected chi connectivity index (χ0v) is 19.4. The number of ether oxygens (including phenoxy) is 3. The molecule has 1 heterocycles. The van der Waals surface area contributed by atoms with Crippen LogP contribution in [0.3, 0.4) is 0 Å². The summed E-state index contributed by atoms with van der Waals surface area (Å²) in [6, 6.07) is 10.7. The summed E-state index contributed by atoms with van der Waals surface area (Å²) in [4.78, 5) is 26.1. The van der Waals surface area contributed by atoms with Gasteiger partial charge in [0.1, 0.15) is 6.61 Å². The van der Waals surface area contributed by atoms with Crippen molar-refractivity contribution in [1.29, 1.82) is 0 Å². The van der Waals surface area contributed by atoms with E-state index in [4.69, 9.17) is 37.4 Å². The molecule has 1 saturated heterocycles. The maximum atomic E-state index is 12.5. The van der Waals surface area contributed by atoms with Crippen molar-refractivity contribution in [3.63, 3.8) is 0 Å². The third-order valence-electron chi connectivity index (χ3n) is 4.32. The highest BCUT2D eigenvalue weighted by atomic mass is 35.5. The van der Waals surface area contributed by atoms with Gasteiger partial charge in [-0.3, -0.25) is 14.5 Å². The van der Waals surface area contributed by atoms with E-state index < -0.39 is 0 Å². The molecule has 0 unspecified atom stereocenters. The Labute approximate surface area is 195 Å². The normalized spacial score (nSPS) is 15.1. The maximum Gasteiger partial charge on any atom is 0.293 e. The van der Waals surface area contributed by atoms with Crippen molar-refractivity contribution >= 4 is 52.2 Å². The number of carbonyl (C=O) groups is 2. The number of hydrogen-bond acceptors (Lipinski definition) is 6. The minimum Gasteiger partial charge on any atom is -0.490 e. The quantitative estimate of drug-likeness (QED) is 0.430. The van der Waals surface area contributed by atoms with Crippen molar-refractivity contribution in [3.8, 4) is 11.5 Å². The minimum absolute atomic E-state index is 0.209. The summed E-state index contributed by atoms with van der Waals surface area (Å²) < 4.78 is 16.6. The van der Waals surface area contributed by atoms with Gasteiger partial charge in [0.15, 0.2) is 11.5 Å². The molecule has 0 aromatic heterocycles. The fourth-order valence-corrected chi connectivity index (χ4v) is 4.10. The third-order valence-corrected chi connectivity index (χ3v) is 5.76. The van der Waals surface area contributed by atoms with Crippen LogP contribution in [0, 0.1) is 0 Å². The number of rotatable bonds is 9. The van der Waals surface area contributed by atoms with Gasteiger partial charge in [-0.25, -0.2) is 0 Å². The largest absolute Gasteiger partial charge is 0.490 e. The van der Waals surface area contributed by atoms with Crippen LogP contribution in [0.1, 0.15) is 18.1 Å². The first-order chi connectivity index (χ1) is 14.9. The summed E-state index contributed by atoms with van der Waals surface area (Å²) in [5.74, 6) is 0.502. The fraction of sp³-hybridized carbons (Fsp3) is 0.273. The van der Waals surface area contributed by atoms with E-state index in [1.165, 1.54) is 7.11 Å². The Hall–Kier alpha value is -2.19. The average Bonchev–Trinajstić information content (AvgIpc) is 3.00. The van der Waals surface area contributed by atoms with Crippen LogP contribution in [-0.4, -0.2) is 42.9 Å². The first kappa shape index (κ1) is 23.5. The number of benzene rings is 2. The lowest BCUT2D eigenvalue weighted by Crippen LogP contribution is -2.31. The maximum absolute atomic E-state index is 12.5. The molecule has 2 aromatic carbocycles. The molecule has 0 bridgehead atoms. The Morgan fingerprint density at radius 2 is 1.84 bits per heavy atom. The molecule has 164 valence electrons. The van der Waals surface area contributed by atoms with Gasteiger partial charge >= 0.3 is 0 Å². The second kappa shape index (κ2) is 10.9. The molecule has 0 spiro atoms. The summed E-state index contributed by atoms with van der Waals surface area (Å²) in [7, 11) is 1.52. The highest BCUT2D eigenvalue weighted by molar-refractivity contribution is 8.18. The van der Waals surface area contributed by atoms with Gasteiger partial charge in [-0.2, -0.15) is 0 Å². The summed E-state index contributed by atoms with van der Waals surface area (Å²) in [5.41, 5.74) is 1.56. The van der Waals surface area contributed by atoms with E-state index in [0.29, 0.717) is 38.6 Å². The summed E-state index contributed by atoms with van der Waals surface area (Å²) in [5, 5.41) is 0.657. The van der Waals surface area contributed by atoms with E-state index in [9.17, 15) is 9.59 Å². The number of hydrogen-bond donors (Lipinski definition) is 0. The number of carbonyl (C=O) groups excluding carboxylic acids is 2. The van der Waals surface area contributed by atoms with E-state index in [1.807, 2.05) is 19.1 Å². The Kier molecular flexibility index (Phi) is 8.26. The summed E-state index contributed by atoms with van der Waals surface area (Å²) >= 11 is 13.3. The molecule has 1 aliphatic rings. The number of nitrogens with zero attached hydrogens (tertiary/aromatic N) is 1. The molecule has 31 heavy (non-hydrogen) atoms. The van der Waals surface area contributed by atoms with Gasteiger partial charge in [0.05, 0.1) is 29.7 Å². The second-order valence-corrected chi connectivity index (χ2v) is 8.34. The molecular formula is C22H21Cl2NO5S. The van der Waals surface area contributed by atoms with Gasteiger partial charge in [-0.15, -0.1) is 0 Å². The van der Waals surface area contributed by atoms with E-state index in [1.54, 1.807) is 30.3 Å². The Morgan fingerprint density at radius 3 is 2.52 bits per heavy atom. The van der Waals surface area contributed by atoms with Crippen LogP contribution < -0.4 is 9.47 Å². The molecule has 1 aliphatic heterocycles. The van der Waals surface area contributed by atoms with Gasteiger partial charge in [0, 0.05) is 12.1 Å². The smallest absolute Gasteiger partial charge is 0.293 e. The van der Waals surface area contributed by atoms with E-state index in [0.717, 1.165) is 22.2 Å². The monoisotopic (exact) mass is 481 g/mol. The van der Waals surface area contributed by atoms with Crippen LogP contribution in [-0.2, 0) is 16.1 Å². The topological polar surface area (TPSA) is 65.1 Å². The lowest BCUT2D eigenvalue weighted by molar-refractivity contribution is -0.123. The van der Waals surface area contributed by atoms with Gasteiger partial charge in [-0.1, -0.05) is 35.3 Å². The third kappa shape index (κ3) is 5.95. The Bertz CT molecular complexity index is 994. The van der Waals surface area contributed by atoms with Gasteiger partial charge in [-0.05, 0) is 60.2 Å². The standard InChI is InChI=1S/C22H21Cl2NO5S/c1-3-29-18-11-15(12-19-21(26)25(8-9-28-2)22(27)31-19)10-17(24)20(18)30-13-14-4-6-16(23)7-5-14/h4-7,10-12H,3,8-9,13H2,1-2H3/b19-12+. The lowest BCUT2D eigenvalue weighted by Gasteiger charge is -2.15. The molecule has 0 N–H and O–H groups in total. The van der Waals surface area contributed by atoms with E-state index in [2.05, 4.69) is 0 Å². The predicted molar refractivity (Wildman–Crippen MR) is 123 cm³/mol. The zero-order valence-electron chi connectivity index (χ0n) is 17.0. The number of thioether (sulfide) groups is 1. The molecule has 2 aromatic rings. The van der Waals surface area contributed by atoms with Gasteiger partial charge in [0.2, 0.25) is 0 Å². The minimum atomic E-state index is -0.357. The van der Waals surface area contributed by atoms with Crippen molar-refractivity contribution in [2.75, 3.05) is 26.9 Å². The van der Waals surface area contributed by atoms with Crippen molar-refractivity contribution in [3.05, 3.63) is 62.5 Å². The van der Waals surface area contributed by atoms with Gasteiger partial charge < -0.3 is 14.2 Å². The first-order valence-corrected chi connectivity index (χ1v) is 11.1. The van der Waals surface area contributed by atoms with Crippen LogP contribution >= 0.6 is 35.0 Å². The SMILES string of the molecule is CCOc1cc(/C=C2/SC(=O)N(CCOC)C2=O)cc(Cl)c1OCc1ccc(Cl)cc1. The fourth-order valence-electron chi connectivity index (χ4n) is 2.84. The van der Waals surface area contributed by atoms with Crippen LogP contribution in [0.25, 0.3) is 6.08 Å². The second-order valence-electron chi connectivity index (χ2n) is 6.50. The van der Waals surface area contributed by atoms with Crippen molar-refractivity contribution in [1.82, 2.24) is 4.90 Å². The van der Waals surface area contributed by atoms with Crippen LogP contribution in [0.2, 0.25) is 10.0 Å². The first-order valence-electron chi connectivity index (χ1n) is 9.50. The van der Waals surface area contributed by atoms with Gasteiger partial charge in [0.25, 0.3) is 11.1 Å². The summed E-state index contributed by atoms with van der Waals surface area (Å²) in [6.07, 6.45) is 1.62. The van der Waals surface area contributed by atoms with E-state index in [-0.39, 0.29) is 30.9 Å². The molecule has 0 atom stereocenters. The van der Waals surface area contributed by atoms with Crippen molar-refractivity contribution in [2.45, 2.75) is 13.5 Å². The Balaban J connectivity index is 1.82. The van der Waals surface area contributed by atoms with Crippen LogP contribution in [0.5, 0.6) is 11.5 Å². The molecule has 9 heteroatoms. The number of imide groups is 1. The molecule has 3 rings (SSSR count). The zero-order chi connectivity index (χ0) is 22.4. The predicted octanol–water partition coefficient (Wildman–Crippen LogP) is 5.65. The molecular weight excluding hydrogens is 461 g/mol. The summed E-state index contributed by atoms with van der Waals surface area (Å²) in [6.45, 7) is 3.04. The van der Waals surface area contributed by atoms with Crippen LogP contribution in [0.4, 0.5) is 4.79 Å². The van der Waals surface area contributed by atoms with Crippen LogP contribution in [0.15, 0.2) is 41.3 Å². The van der Waals surface area contributed by atoms with Crippen molar-refractivity contribution in [2.24, 2.45) is 0 Å². The Morgan fingerprint density at radius 1 is 1.10 bits per heavy atom.